The first-order chi connectivity index (χ1) is 8.18. The number of hydrogen-bond donors (Lipinski definition) is 1. The topological polar surface area (TPSA) is 57.6 Å². The highest BCUT2D eigenvalue weighted by Gasteiger charge is 2.32. The van der Waals surface area contributed by atoms with Crippen molar-refractivity contribution < 1.29 is 14.8 Å². The molecule has 0 atom stereocenters. The van der Waals surface area contributed by atoms with Gasteiger partial charge in [-0.25, -0.2) is 5.06 Å². The molecule has 1 N–H and O–H groups in total. The maximum absolute atomic E-state index is 11.7. The number of ketones is 2. The molecule has 3 rings (SSSR count). The number of nitrogens with zero attached hydrogens (tertiary/aromatic N) is 1. The number of benzene rings is 1. The molecule has 1 aliphatic carbocycles. The molecule has 1 aromatic carbocycles. The molecule has 0 spiro atoms. The number of fused-ring (bicyclic) bond motifs is 2. The third-order valence-corrected chi connectivity index (χ3v) is 2.95. The third-order valence-electron chi connectivity index (χ3n) is 2.95. The van der Waals surface area contributed by atoms with Crippen molar-refractivity contribution in [2.75, 3.05) is 5.06 Å². The fourth-order valence-electron chi connectivity index (χ4n) is 2.09. The molecular formula is C13H9NO3. The Bertz CT molecular complexity index is 598. The first kappa shape index (κ1) is 9.99. The average Bonchev–Trinajstić information content (AvgIpc) is 2.35. The number of rotatable bonds is 0. The molecule has 17 heavy (non-hydrogen) atoms. The summed E-state index contributed by atoms with van der Waals surface area (Å²) < 4.78 is 0. The van der Waals surface area contributed by atoms with E-state index < -0.39 is 11.6 Å². The molecule has 0 unspecified atom stereocenters. The Hall–Kier alpha value is -2.20. The summed E-state index contributed by atoms with van der Waals surface area (Å²) in [7, 11) is 0. The molecular weight excluding hydrogens is 218 g/mol. The van der Waals surface area contributed by atoms with Gasteiger partial charge >= 0.3 is 0 Å². The molecule has 0 bridgehead atoms. The number of hydrogen-bond acceptors (Lipinski definition) is 4. The predicted molar refractivity (Wildman–Crippen MR) is 61.4 cm³/mol. The quantitative estimate of drug-likeness (QED) is 0.685. The fraction of sp³-hybridized carbons (Fsp3) is 0.0769. The molecule has 1 aromatic rings. The molecule has 0 radical (unpaired) electrons. The molecule has 1 aliphatic heterocycles. The van der Waals surface area contributed by atoms with Crippen LogP contribution in [0.5, 0.6) is 0 Å². The van der Waals surface area contributed by atoms with Crippen LogP contribution in [0.4, 0.5) is 5.69 Å². The van der Waals surface area contributed by atoms with E-state index in [9.17, 15) is 14.8 Å². The van der Waals surface area contributed by atoms with Gasteiger partial charge < -0.3 is 0 Å². The Morgan fingerprint density at radius 1 is 1.18 bits per heavy atom. The van der Waals surface area contributed by atoms with Crippen LogP contribution < -0.4 is 5.06 Å². The van der Waals surface area contributed by atoms with E-state index in [4.69, 9.17) is 0 Å². The number of hydroxylamine groups is 1. The van der Waals surface area contributed by atoms with Crippen molar-refractivity contribution in [1.82, 2.24) is 0 Å². The summed E-state index contributed by atoms with van der Waals surface area (Å²) in [5.41, 5.74) is 2.01. The van der Waals surface area contributed by atoms with Crippen molar-refractivity contribution in [3.05, 3.63) is 47.2 Å². The molecule has 0 saturated heterocycles. The van der Waals surface area contributed by atoms with Gasteiger partial charge in [-0.1, -0.05) is 18.2 Å². The van der Waals surface area contributed by atoms with Gasteiger partial charge in [0.05, 0.1) is 17.0 Å². The number of carbonyl (C=O) groups excluding carboxylic acids is 2. The molecule has 0 aromatic heterocycles. The molecule has 4 heteroatoms. The molecule has 1 heterocycles. The van der Waals surface area contributed by atoms with Crippen LogP contribution in [-0.4, -0.2) is 16.8 Å². The molecule has 0 saturated carbocycles. The Balaban J connectivity index is 2.24. The first-order valence-electron chi connectivity index (χ1n) is 5.26. The van der Waals surface area contributed by atoms with Crippen LogP contribution >= 0.6 is 0 Å². The Morgan fingerprint density at radius 3 is 2.76 bits per heavy atom. The van der Waals surface area contributed by atoms with E-state index >= 15 is 0 Å². The van der Waals surface area contributed by atoms with Crippen molar-refractivity contribution in [3.63, 3.8) is 0 Å². The van der Waals surface area contributed by atoms with Gasteiger partial charge in [0.15, 0.2) is 0 Å². The van der Waals surface area contributed by atoms with Crippen LogP contribution in [0, 0.1) is 0 Å². The Morgan fingerprint density at radius 2 is 1.94 bits per heavy atom. The van der Waals surface area contributed by atoms with Gasteiger partial charge in [-0.15, -0.1) is 0 Å². The zero-order valence-corrected chi connectivity index (χ0v) is 8.88. The summed E-state index contributed by atoms with van der Waals surface area (Å²) in [5.74, 6) is -0.969. The smallest absolute Gasteiger partial charge is 0.231 e. The van der Waals surface area contributed by atoms with Crippen molar-refractivity contribution in [3.8, 4) is 0 Å². The summed E-state index contributed by atoms with van der Waals surface area (Å²) in [6, 6.07) is 7.16. The minimum atomic E-state index is -0.531. The van der Waals surface area contributed by atoms with Crippen molar-refractivity contribution in [2.24, 2.45) is 0 Å². The van der Waals surface area contributed by atoms with E-state index in [1.807, 2.05) is 6.07 Å². The molecule has 0 amide bonds. The highest BCUT2D eigenvalue weighted by atomic mass is 16.5. The Kier molecular flexibility index (Phi) is 2.00. The van der Waals surface area contributed by atoms with E-state index in [1.54, 1.807) is 30.4 Å². The van der Waals surface area contributed by atoms with Crippen LogP contribution in [0.1, 0.15) is 12.0 Å². The van der Waals surface area contributed by atoms with E-state index in [1.165, 1.54) is 0 Å². The van der Waals surface area contributed by atoms with E-state index in [0.29, 0.717) is 11.4 Å². The lowest BCUT2D eigenvalue weighted by atomic mass is 9.90. The van der Waals surface area contributed by atoms with Gasteiger partial charge in [-0.3, -0.25) is 14.8 Å². The molecule has 2 aliphatic rings. The zero-order chi connectivity index (χ0) is 12.0. The van der Waals surface area contributed by atoms with Gasteiger partial charge in [-0.2, -0.15) is 0 Å². The van der Waals surface area contributed by atoms with Gasteiger partial charge in [0.1, 0.15) is 0 Å². The zero-order valence-electron chi connectivity index (χ0n) is 8.88. The largest absolute Gasteiger partial charge is 0.290 e. The predicted octanol–water partition coefficient (Wildman–Crippen LogP) is 1.70. The summed E-state index contributed by atoms with van der Waals surface area (Å²) in [4.78, 5) is 23.1. The number of carbonyl (C=O) groups is 2. The standard InChI is InChI=1S/C13H9NO3/c15-12-6-5-11-9(13(12)16)7-8-3-1-2-4-10(8)14(11)17/h1-5,7,17H,6H2. The van der Waals surface area contributed by atoms with Crippen LogP contribution in [0.2, 0.25) is 0 Å². The van der Waals surface area contributed by atoms with E-state index in [-0.39, 0.29) is 12.0 Å². The van der Waals surface area contributed by atoms with Crippen molar-refractivity contribution in [1.29, 1.82) is 0 Å². The van der Waals surface area contributed by atoms with Crippen molar-refractivity contribution in [2.45, 2.75) is 6.42 Å². The maximum Gasteiger partial charge on any atom is 0.231 e. The minimum Gasteiger partial charge on any atom is -0.290 e. The minimum absolute atomic E-state index is 0.0464. The van der Waals surface area contributed by atoms with Crippen LogP contribution in [0.25, 0.3) is 6.08 Å². The lowest BCUT2D eigenvalue weighted by Crippen LogP contribution is -2.31. The van der Waals surface area contributed by atoms with E-state index in [0.717, 1.165) is 10.6 Å². The van der Waals surface area contributed by atoms with Gasteiger partial charge in [0.25, 0.3) is 0 Å². The summed E-state index contributed by atoms with van der Waals surface area (Å²) in [6.45, 7) is 0. The maximum atomic E-state index is 11.7. The summed E-state index contributed by atoms with van der Waals surface area (Å²) in [6.07, 6.45) is 3.27. The second-order valence-electron chi connectivity index (χ2n) is 3.97. The second kappa shape index (κ2) is 3.40. The Labute approximate surface area is 97.4 Å². The SMILES string of the molecule is O=C1CC=C2C(=Cc3ccccc3N2O)C1=O. The summed E-state index contributed by atoms with van der Waals surface area (Å²) >= 11 is 0. The van der Waals surface area contributed by atoms with Crippen LogP contribution in [0.3, 0.4) is 0 Å². The number of anilines is 1. The highest BCUT2D eigenvalue weighted by Crippen LogP contribution is 2.35. The van der Waals surface area contributed by atoms with E-state index in [2.05, 4.69) is 0 Å². The van der Waals surface area contributed by atoms with Gasteiger partial charge in [-0.05, 0) is 18.2 Å². The lowest BCUT2D eigenvalue weighted by Gasteiger charge is -2.29. The van der Waals surface area contributed by atoms with Gasteiger partial charge in [0.2, 0.25) is 11.6 Å². The number of para-hydroxylation sites is 1. The number of Topliss-reactive ketones (excluding diaryl/α,β-unsaturated/α-hetero) is 2. The summed E-state index contributed by atoms with van der Waals surface area (Å²) in [5, 5.41) is 11.0. The molecule has 84 valence electrons. The molecule has 0 fully saturated rings. The highest BCUT2D eigenvalue weighted by molar-refractivity contribution is 6.47. The molecule has 4 nitrogen and oxygen atoms in total. The third kappa shape index (κ3) is 1.34. The average molecular weight is 227 g/mol. The number of allylic oxidation sites excluding steroid dienone is 2. The normalized spacial score (nSPS) is 18.3. The van der Waals surface area contributed by atoms with Gasteiger partial charge in [0, 0.05) is 12.0 Å². The van der Waals surface area contributed by atoms with Crippen LogP contribution in [0.15, 0.2) is 41.6 Å². The fourth-order valence-corrected chi connectivity index (χ4v) is 2.09. The second-order valence-corrected chi connectivity index (χ2v) is 3.97. The monoisotopic (exact) mass is 227 g/mol. The lowest BCUT2D eigenvalue weighted by molar-refractivity contribution is -0.134. The first-order valence-corrected chi connectivity index (χ1v) is 5.26. The van der Waals surface area contributed by atoms with Crippen LogP contribution in [-0.2, 0) is 9.59 Å². The van der Waals surface area contributed by atoms with Crippen molar-refractivity contribution >= 4 is 23.3 Å².